The largest absolute Gasteiger partial charge is 0.444 e. The molecule has 11 heteroatoms. The first kappa shape index (κ1) is 26.3. The van der Waals surface area contributed by atoms with Gasteiger partial charge in [0.1, 0.15) is 5.60 Å². The molecular formula is C28H28F3N5O3. The summed E-state index contributed by atoms with van der Waals surface area (Å²) >= 11 is 0. The molecule has 3 heterocycles. The summed E-state index contributed by atoms with van der Waals surface area (Å²) in [6.45, 7) is 7.89. The van der Waals surface area contributed by atoms with Gasteiger partial charge in [0.05, 0.1) is 22.3 Å². The third-order valence-electron chi connectivity index (χ3n) is 6.44. The van der Waals surface area contributed by atoms with Crippen molar-refractivity contribution >= 4 is 28.6 Å². The lowest BCUT2D eigenvalue weighted by molar-refractivity contribution is -0.137. The number of ether oxygens (including phenoxy) is 1. The number of ketones is 1. The van der Waals surface area contributed by atoms with Crippen molar-refractivity contribution in [1.82, 2.24) is 19.9 Å². The summed E-state index contributed by atoms with van der Waals surface area (Å²) in [5.41, 5.74) is 1.09. The van der Waals surface area contributed by atoms with Crippen molar-refractivity contribution in [2.75, 3.05) is 31.1 Å². The molecule has 0 radical (unpaired) electrons. The maximum atomic E-state index is 13.4. The highest BCUT2D eigenvalue weighted by Gasteiger charge is 2.35. The first-order chi connectivity index (χ1) is 18.4. The van der Waals surface area contributed by atoms with Gasteiger partial charge in [-0.1, -0.05) is 18.2 Å². The van der Waals surface area contributed by atoms with Crippen LogP contribution in [0.3, 0.4) is 0 Å². The Morgan fingerprint density at radius 2 is 1.69 bits per heavy atom. The highest BCUT2D eigenvalue weighted by molar-refractivity contribution is 6.10. The number of nitrogens with one attached hydrogen (secondary N) is 2. The van der Waals surface area contributed by atoms with Crippen LogP contribution in [0.5, 0.6) is 0 Å². The van der Waals surface area contributed by atoms with E-state index in [0.717, 1.165) is 17.3 Å². The summed E-state index contributed by atoms with van der Waals surface area (Å²) in [5, 5.41) is 0. The number of nitrogens with zero attached hydrogens (tertiary/aromatic N) is 3. The Balaban J connectivity index is 1.31. The van der Waals surface area contributed by atoms with Gasteiger partial charge < -0.3 is 24.5 Å². The molecule has 1 fully saturated rings. The number of hydrogen-bond acceptors (Lipinski definition) is 5. The lowest BCUT2D eigenvalue weighted by atomic mass is 9.99. The third-order valence-corrected chi connectivity index (χ3v) is 6.44. The van der Waals surface area contributed by atoms with Gasteiger partial charge >= 0.3 is 12.3 Å². The summed E-state index contributed by atoms with van der Waals surface area (Å²) in [6, 6.07) is 12.0. The fourth-order valence-corrected chi connectivity index (χ4v) is 4.54. The quantitative estimate of drug-likeness (QED) is 0.317. The van der Waals surface area contributed by atoms with Crippen LogP contribution < -0.4 is 4.90 Å². The number of imidazole rings is 1. The highest BCUT2D eigenvalue weighted by Crippen LogP contribution is 2.33. The SMILES string of the molecule is CC(C)(C)OC(=O)N1CCN(c2ccc3nc(-c4cc(C(=O)c5ccccc5C(F)(F)F)c[nH]4)[nH]c3c2)CC1. The van der Waals surface area contributed by atoms with E-state index in [0.29, 0.717) is 43.2 Å². The zero-order valence-corrected chi connectivity index (χ0v) is 21.7. The van der Waals surface area contributed by atoms with E-state index in [9.17, 15) is 22.8 Å². The van der Waals surface area contributed by atoms with Crippen LogP contribution in [0.1, 0.15) is 42.3 Å². The molecule has 0 unspecified atom stereocenters. The fraction of sp³-hybridized carbons (Fsp3) is 0.321. The topological polar surface area (TPSA) is 94.3 Å². The van der Waals surface area contributed by atoms with Crippen molar-refractivity contribution in [3.8, 4) is 11.5 Å². The normalized spacial score (nSPS) is 14.6. The van der Waals surface area contributed by atoms with Gasteiger partial charge in [-0.05, 0) is 51.1 Å². The maximum absolute atomic E-state index is 13.4. The van der Waals surface area contributed by atoms with Crippen molar-refractivity contribution in [2.24, 2.45) is 0 Å². The fourth-order valence-electron chi connectivity index (χ4n) is 4.54. The van der Waals surface area contributed by atoms with Crippen LogP contribution in [0.25, 0.3) is 22.6 Å². The van der Waals surface area contributed by atoms with E-state index in [4.69, 9.17) is 4.74 Å². The Labute approximate surface area is 222 Å². The lowest BCUT2D eigenvalue weighted by Crippen LogP contribution is -2.50. The number of fused-ring (bicyclic) bond motifs is 1. The molecule has 39 heavy (non-hydrogen) atoms. The molecule has 1 amide bonds. The number of aromatic nitrogens is 3. The molecule has 1 aliphatic rings. The minimum Gasteiger partial charge on any atom is -0.444 e. The second-order valence-corrected chi connectivity index (χ2v) is 10.4. The van der Waals surface area contributed by atoms with Crippen LogP contribution in [0.2, 0.25) is 0 Å². The molecule has 0 atom stereocenters. The molecular weight excluding hydrogens is 511 g/mol. The molecule has 2 aromatic carbocycles. The van der Waals surface area contributed by atoms with Gasteiger partial charge in [0.2, 0.25) is 0 Å². The first-order valence-electron chi connectivity index (χ1n) is 12.5. The van der Waals surface area contributed by atoms with Crippen molar-refractivity contribution < 1.29 is 27.5 Å². The number of hydrogen-bond donors (Lipinski definition) is 2. The van der Waals surface area contributed by atoms with E-state index in [-0.39, 0.29) is 11.7 Å². The van der Waals surface area contributed by atoms with Gasteiger partial charge in [0.25, 0.3) is 0 Å². The van der Waals surface area contributed by atoms with Crippen LogP contribution in [0, 0.1) is 0 Å². The summed E-state index contributed by atoms with van der Waals surface area (Å²) < 4.78 is 45.6. The molecule has 5 rings (SSSR count). The van der Waals surface area contributed by atoms with E-state index in [2.05, 4.69) is 19.9 Å². The number of H-pyrrole nitrogens is 2. The molecule has 0 spiro atoms. The van der Waals surface area contributed by atoms with Gasteiger partial charge in [-0.15, -0.1) is 0 Å². The van der Waals surface area contributed by atoms with Crippen LogP contribution >= 0.6 is 0 Å². The number of carbonyl (C=O) groups is 2. The Morgan fingerprint density at radius 1 is 0.974 bits per heavy atom. The number of piperazine rings is 1. The number of amides is 1. The minimum atomic E-state index is -4.63. The summed E-state index contributed by atoms with van der Waals surface area (Å²) in [7, 11) is 0. The van der Waals surface area contributed by atoms with E-state index >= 15 is 0 Å². The molecule has 0 bridgehead atoms. The predicted molar refractivity (Wildman–Crippen MR) is 141 cm³/mol. The van der Waals surface area contributed by atoms with Crippen molar-refractivity contribution in [1.29, 1.82) is 0 Å². The number of alkyl halides is 3. The Morgan fingerprint density at radius 3 is 2.38 bits per heavy atom. The second kappa shape index (κ2) is 9.79. The van der Waals surface area contributed by atoms with Gasteiger partial charge in [0.15, 0.2) is 11.6 Å². The molecule has 204 valence electrons. The molecule has 2 aromatic heterocycles. The standard InChI is InChI=1S/C28H28F3N5O3/c1-27(2,3)39-26(38)36-12-10-35(11-13-36)18-8-9-21-22(15-18)34-25(33-21)23-14-17(16-32-23)24(37)19-6-4-5-7-20(19)28(29,30)31/h4-9,14-16,32H,10-13H2,1-3H3,(H,33,34). The Kier molecular flexibility index (Phi) is 6.61. The van der Waals surface area contributed by atoms with Crippen molar-refractivity contribution in [2.45, 2.75) is 32.5 Å². The van der Waals surface area contributed by atoms with Crippen LogP contribution in [0.4, 0.5) is 23.7 Å². The summed E-state index contributed by atoms with van der Waals surface area (Å²) in [5.74, 6) is -0.269. The third kappa shape index (κ3) is 5.62. The average molecular weight is 540 g/mol. The molecule has 1 aliphatic heterocycles. The monoisotopic (exact) mass is 539 g/mol. The molecule has 2 N–H and O–H groups in total. The second-order valence-electron chi connectivity index (χ2n) is 10.4. The first-order valence-corrected chi connectivity index (χ1v) is 12.5. The average Bonchev–Trinajstić information content (AvgIpc) is 3.54. The van der Waals surface area contributed by atoms with Crippen LogP contribution in [-0.2, 0) is 10.9 Å². The van der Waals surface area contributed by atoms with Gasteiger partial charge in [-0.25, -0.2) is 9.78 Å². The number of aromatic amines is 2. The number of benzene rings is 2. The number of anilines is 1. The van der Waals surface area contributed by atoms with Crippen LogP contribution in [-0.4, -0.2) is 63.5 Å². The molecule has 0 saturated carbocycles. The van der Waals surface area contributed by atoms with Crippen molar-refractivity contribution in [3.63, 3.8) is 0 Å². The maximum Gasteiger partial charge on any atom is 0.417 e. The van der Waals surface area contributed by atoms with E-state index in [1.54, 1.807) is 4.90 Å². The van der Waals surface area contributed by atoms with E-state index in [1.165, 1.54) is 30.5 Å². The van der Waals surface area contributed by atoms with Gasteiger partial charge in [-0.2, -0.15) is 13.2 Å². The highest BCUT2D eigenvalue weighted by atomic mass is 19.4. The summed E-state index contributed by atoms with van der Waals surface area (Å²) in [6.07, 6.45) is -3.57. The number of rotatable bonds is 4. The smallest absolute Gasteiger partial charge is 0.417 e. The van der Waals surface area contributed by atoms with Crippen LogP contribution in [0.15, 0.2) is 54.7 Å². The number of halogens is 3. The van der Waals surface area contributed by atoms with E-state index in [1.807, 2.05) is 39.0 Å². The Hall–Kier alpha value is -4.28. The van der Waals surface area contributed by atoms with Gasteiger partial charge in [-0.3, -0.25) is 4.79 Å². The lowest BCUT2D eigenvalue weighted by Gasteiger charge is -2.36. The number of carbonyl (C=O) groups excluding carboxylic acids is 2. The van der Waals surface area contributed by atoms with Gasteiger partial charge in [0, 0.05) is 49.2 Å². The molecule has 4 aromatic rings. The van der Waals surface area contributed by atoms with Crippen molar-refractivity contribution in [3.05, 3.63) is 71.4 Å². The predicted octanol–water partition coefficient (Wildman–Crippen LogP) is 5.86. The Bertz CT molecular complexity index is 1530. The molecule has 1 saturated heterocycles. The zero-order chi connectivity index (χ0) is 27.9. The minimum absolute atomic E-state index is 0.103. The van der Waals surface area contributed by atoms with E-state index < -0.39 is 28.7 Å². The zero-order valence-electron chi connectivity index (χ0n) is 21.7. The molecule has 0 aliphatic carbocycles. The molecule has 8 nitrogen and oxygen atoms in total. The summed E-state index contributed by atoms with van der Waals surface area (Å²) in [4.78, 5) is 39.9.